The monoisotopic (exact) mass is 309 g/mol. The van der Waals surface area contributed by atoms with Gasteiger partial charge in [0.25, 0.3) is 5.91 Å². The molecule has 0 aromatic heterocycles. The summed E-state index contributed by atoms with van der Waals surface area (Å²) in [6, 6.07) is 10.7. The van der Waals surface area contributed by atoms with Gasteiger partial charge in [-0.05, 0) is 30.3 Å². The summed E-state index contributed by atoms with van der Waals surface area (Å²) in [5.41, 5.74) is 0.503. The summed E-state index contributed by atoms with van der Waals surface area (Å²) >= 11 is 5.95. The number of methoxy groups -OCH3 is 1. The van der Waals surface area contributed by atoms with Gasteiger partial charge in [-0.3, -0.25) is 4.79 Å². The minimum absolute atomic E-state index is 0.0282. The first-order valence-electron chi connectivity index (χ1n) is 6.11. The van der Waals surface area contributed by atoms with E-state index in [1.54, 1.807) is 30.3 Å². The van der Waals surface area contributed by atoms with Gasteiger partial charge in [0, 0.05) is 5.69 Å². The van der Waals surface area contributed by atoms with E-state index in [2.05, 4.69) is 5.32 Å². The summed E-state index contributed by atoms with van der Waals surface area (Å²) < 4.78 is 23.4. The molecule has 1 N–H and O–H groups in total. The molecule has 6 heteroatoms. The Hall–Kier alpha value is -2.27. The van der Waals surface area contributed by atoms with Crippen molar-refractivity contribution in [3.8, 4) is 11.5 Å². The predicted molar refractivity (Wildman–Crippen MR) is 78.5 cm³/mol. The quantitative estimate of drug-likeness (QED) is 0.919. The topological polar surface area (TPSA) is 47.6 Å². The number of hydrogen-bond acceptors (Lipinski definition) is 3. The van der Waals surface area contributed by atoms with Gasteiger partial charge in [-0.15, -0.1) is 0 Å². The molecule has 0 atom stereocenters. The molecular formula is C15H13ClFNO3. The third kappa shape index (κ3) is 4.10. The van der Waals surface area contributed by atoms with Gasteiger partial charge < -0.3 is 14.8 Å². The van der Waals surface area contributed by atoms with Crippen LogP contribution in [0.15, 0.2) is 42.5 Å². The molecule has 0 fully saturated rings. The lowest BCUT2D eigenvalue weighted by atomic mass is 10.3. The van der Waals surface area contributed by atoms with Crippen molar-refractivity contribution < 1.29 is 18.7 Å². The number of ether oxygens (including phenoxy) is 2. The van der Waals surface area contributed by atoms with Crippen molar-refractivity contribution in [3.63, 3.8) is 0 Å². The molecule has 0 aliphatic carbocycles. The summed E-state index contributed by atoms with van der Waals surface area (Å²) in [5, 5.41) is 2.98. The van der Waals surface area contributed by atoms with Crippen molar-refractivity contribution in [1.29, 1.82) is 0 Å². The van der Waals surface area contributed by atoms with E-state index in [0.29, 0.717) is 16.5 Å². The number of halogens is 2. The Morgan fingerprint density at radius 2 is 2.00 bits per heavy atom. The van der Waals surface area contributed by atoms with Crippen LogP contribution in [0.2, 0.25) is 5.02 Å². The van der Waals surface area contributed by atoms with Crippen molar-refractivity contribution in [3.05, 3.63) is 53.3 Å². The highest BCUT2D eigenvalue weighted by Crippen LogP contribution is 2.27. The van der Waals surface area contributed by atoms with Gasteiger partial charge in [-0.1, -0.05) is 23.7 Å². The fourth-order valence-corrected chi connectivity index (χ4v) is 1.90. The maximum atomic E-state index is 13.3. The lowest BCUT2D eigenvalue weighted by molar-refractivity contribution is -0.118. The van der Waals surface area contributed by atoms with Crippen molar-refractivity contribution >= 4 is 23.2 Å². The zero-order valence-corrected chi connectivity index (χ0v) is 12.0. The number of para-hydroxylation sites is 1. The van der Waals surface area contributed by atoms with E-state index < -0.39 is 11.7 Å². The number of hydrogen-bond donors (Lipinski definition) is 1. The summed E-state index contributed by atoms with van der Waals surface area (Å²) in [6.45, 7) is -0.301. The molecule has 0 unspecified atom stereocenters. The molecule has 4 nitrogen and oxygen atoms in total. The van der Waals surface area contributed by atoms with E-state index >= 15 is 0 Å². The van der Waals surface area contributed by atoms with Crippen LogP contribution in [0.25, 0.3) is 0 Å². The zero-order valence-electron chi connectivity index (χ0n) is 11.2. The van der Waals surface area contributed by atoms with Crippen LogP contribution in [-0.4, -0.2) is 19.6 Å². The normalized spacial score (nSPS) is 10.0. The average Bonchev–Trinajstić information content (AvgIpc) is 2.46. The highest BCUT2D eigenvalue weighted by atomic mass is 35.5. The highest BCUT2D eigenvalue weighted by molar-refractivity contribution is 6.32. The Morgan fingerprint density at radius 1 is 1.24 bits per heavy atom. The fourth-order valence-electron chi connectivity index (χ4n) is 1.65. The molecule has 110 valence electrons. The Morgan fingerprint density at radius 3 is 2.67 bits per heavy atom. The third-order valence-electron chi connectivity index (χ3n) is 2.63. The molecule has 0 spiro atoms. The first kappa shape index (κ1) is 15.1. The van der Waals surface area contributed by atoms with E-state index in [9.17, 15) is 9.18 Å². The number of nitrogens with one attached hydrogen (secondary N) is 1. The van der Waals surface area contributed by atoms with Gasteiger partial charge >= 0.3 is 0 Å². The number of amides is 1. The summed E-state index contributed by atoms with van der Waals surface area (Å²) in [4.78, 5) is 11.7. The molecule has 0 aliphatic heterocycles. The van der Waals surface area contributed by atoms with Crippen LogP contribution in [0.5, 0.6) is 11.5 Å². The minimum Gasteiger partial charge on any atom is -0.495 e. The van der Waals surface area contributed by atoms with Crippen LogP contribution in [0, 0.1) is 5.82 Å². The SMILES string of the molecule is COc1ccc(NC(=O)COc2ccccc2F)cc1Cl. The van der Waals surface area contributed by atoms with Gasteiger partial charge in [-0.25, -0.2) is 4.39 Å². The molecule has 2 rings (SSSR count). The van der Waals surface area contributed by atoms with E-state index in [1.807, 2.05) is 0 Å². The van der Waals surface area contributed by atoms with Crippen LogP contribution in [0.1, 0.15) is 0 Å². The third-order valence-corrected chi connectivity index (χ3v) is 2.93. The second kappa shape index (κ2) is 6.95. The minimum atomic E-state index is -0.516. The van der Waals surface area contributed by atoms with Crippen LogP contribution in [0.4, 0.5) is 10.1 Å². The van der Waals surface area contributed by atoms with Crippen LogP contribution in [0.3, 0.4) is 0 Å². The molecule has 0 heterocycles. The van der Waals surface area contributed by atoms with E-state index in [4.69, 9.17) is 21.1 Å². The summed E-state index contributed by atoms with van der Waals surface area (Å²) in [6.07, 6.45) is 0. The maximum absolute atomic E-state index is 13.3. The lowest BCUT2D eigenvalue weighted by Gasteiger charge is -2.09. The van der Waals surface area contributed by atoms with Gasteiger partial charge in [0.15, 0.2) is 18.2 Å². The Labute approximate surface area is 126 Å². The van der Waals surface area contributed by atoms with Crippen molar-refractivity contribution in [2.45, 2.75) is 0 Å². The number of rotatable bonds is 5. The predicted octanol–water partition coefficient (Wildman–Crippen LogP) is 3.51. The number of benzene rings is 2. The number of anilines is 1. The van der Waals surface area contributed by atoms with Gasteiger partial charge in [-0.2, -0.15) is 0 Å². The summed E-state index contributed by atoms with van der Waals surface area (Å²) in [7, 11) is 1.50. The molecule has 0 aliphatic rings. The standard InChI is InChI=1S/C15H13ClFNO3/c1-20-13-7-6-10(8-11(13)16)18-15(19)9-21-14-5-3-2-4-12(14)17/h2-8H,9H2,1H3,(H,18,19). The van der Waals surface area contributed by atoms with Crippen LogP contribution < -0.4 is 14.8 Å². The largest absolute Gasteiger partial charge is 0.495 e. The lowest BCUT2D eigenvalue weighted by Crippen LogP contribution is -2.20. The second-order valence-corrected chi connectivity index (χ2v) is 4.52. The van der Waals surface area contributed by atoms with E-state index in [-0.39, 0.29) is 12.4 Å². The van der Waals surface area contributed by atoms with Gasteiger partial charge in [0.05, 0.1) is 12.1 Å². The first-order chi connectivity index (χ1) is 10.1. The van der Waals surface area contributed by atoms with Crippen LogP contribution in [-0.2, 0) is 4.79 Å². The van der Waals surface area contributed by atoms with E-state index in [0.717, 1.165) is 0 Å². The molecule has 0 saturated carbocycles. The molecule has 2 aromatic rings. The summed E-state index contributed by atoms with van der Waals surface area (Å²) in [5.74, 6) is -0.394. The molecule has 21 heavy (non-hydrogen) atoms. The second-order valence-electron chi connectivity index (χ2n) is 4.12. The zero-order chi connectivity index (χ0) is 15.2. The Kier molecular flexibility index (Phi) is 5.00. The van der Waals surface area contributed by atoms with Gasteiger partial charge in [0.1, 0.15) is 5.75 Å². The molecular weight excluding hydrogens is 297 g/mol. The van der Waals surface area contributed by atoms with Crippen molar-refractivity contribution in [2.75, 3.05) is 19.0 Å². The first-order valence-corrected chi connectivity index (χ1v) is 6.48. The number of carbonyl (C=O) groups is 1. The molecule has 2 aromatic carbocycles. The average molecular weight is 310 g/mol. The Balaban J connectivity index is 1.93. The maximum Gasteiger partial charge on any atom is 0.262 e. The Bertz CT molecular complexity index is 649. The molecule has 0 saturated heterocycles. The molecule has 1 amide bonds. The van der Waals surface area contributed by atoms with Gasteiger partial charge in [0.2, 0.25) is 0 Å². The van der Waals surface area contributed by atoms with E-state index in [1.165, 1.54) is 19.2 Å². The van der Waals surface area contributed by atoms with Crippen molar-refractivity contribution in [2.24, 2.45) is 0 Å². The number of carbonyl (C=O) groups excluding carboxylic acids is 1. The van der Waals surface area contributed by atoms with Crippen LogP contribution >= 0.6 is 11.6 Å². The van der Waals surface area contributed by atoms with Crippen molar-refractivity contribution in [1.82, 2.24) is 0 Å². The fraction of sp³-hybridized carbons (Fsp3) is 0.133. The molecule has 0 radical (unpaired) electrons. The smallest absolute Gasteiger partial charge is 0.262 e. The molecule has 0 bridgehead atoms. The highest BCUT2D eigenvalue weighted by Gasteiger charge is 2.08.